The Morgan fingerprint density at radius 3 is 2.73 bits per heavy atom. The molecular formula is C20H18ClNO4. The lowest BCUT2D eigenvalue weighted by atomic mass is 10.1. The number of methoxy groups -OCH3 is 1. The molecule has 1 amide bonds. The van der Waals surface area contributed by atoms with Crippen molar-refractivity contribution in [3.05, 3.63) is 70.4 Å². The molecule has 0 aliphatic heterocycles. The quantitative estimate of drug-likeness (QED) is 0.684. The molecule has 0 atom stereocenters. The topological polar surface area (TPSA) is 71.7 Å². The first-order valence-electron chi connectivity index (χ1n) is 7.98. The molecule has 1 heterocycles. The van der Waals surface area contributed by atoms with Crippen molar-refractivity contribution in [1.29, 1.82) is 0 Å². The summed E-state index contributed by atoms with van der Waals surface area (Å²) in [7, 11) is 1.54. The number of carbonyl (C=O) groups excluding carboxylic acids is 1. The third-order valence-corrected chi connectivity index (χ3v) is 4.30. The normalized spacial score (nSPS) is 10.6. The number of carbonyl (C=O) groups is 1. The maximum atomic E-state index is 12.6. The largest absolute Gasteiger partial charge is 0.496 e. The number of amides is 1. The highest BCUT2D eigenvalue weighted by molar-refractivity contribution is 6.33. The first-order chi connectivity index (χ1) is 12.5. The molecule has 5 nitrogen and oxygen atoms in total. The van der Waals surface area contributed by atoms with E-state index in [1.54, 1.807) is 42.5 Å². The zero-order chi connectivity index (χ0) is 18.7. The van der Waals surface area contributed by atoms with Crippen LogP contribution in [0, 0.1) is 6.92 Å². The molecule has 134 valence electrons. The van der Waals surface area contributed by atoms with Gasteiger partial charge >= 0.3 is 0 Å². The average Bonchev–Trinajstić information content (AvgIpc) is 3.12. The van der Waals surface area contributed by atoms with Crippen LogP contribution in [0.3, 0.4) is 0 Å². The summed E-state index contributed by atoms with van der Waals surface area (Å²) in [6.07, 6.45) is 0. The summed E-state index contributed by atoms with van der Waals surface area (Å²) < 4.78 is 10.9. The minimum atomic E-state index is -0.283. The summed E-state index contributed by atoms with van der Waals surface area (Å²) in [5, 5.41) is 12.5. The standard InChI is InChI=1S/C20H18ClNO4/c1-12-4-3-5-15(19(12)25-2)20(24)22-13-6-8-17(21)16(10-13)18-9-7-14(11-23)26-18/h3-10,23H,11H2,1-2H3,(H,22,24). The monoisotopic (exact) mass is 371 g/mol. The molecule has 0 aliphatic rings. The van der Waals surface area contributed by atoms with Gasteiger partial charge in [-0.15, -0.1) is 0 Å². The van der Waals surface area contributed by atoms with E-state index in [0.717, 1.165) is 5.56 Å². The van der Waals surface area contributed by atoms with Gasteiger partial charge in [0, 0.05) is 11.3 Å². The van der Waals surface area contributed by atoms with Crippen LogP contribution in [0.2, 0.25) is 5.02 Å². The van der Waals surface area contributed by atoms with Crippen molar-refractivity contribution in [1.82, 2.24) is 0 Å². The van der Waals surface area contributed by atoms with Gasteiger partial charge in [-0.2, -0.15) is 0 Å². The predicted octanol–water partition coefficient (Wildman–Crippen LogP) is 4.66. The Bertz CT molecular complexity index is 949. The maximum Gasteiger partial charge on any atom is 0.259 e. The number of aliphatic hydroxyl groups is 1. The van der Waals surface area contributed by atoms with E-state index in [4.69, 9.17) is 25.9 Å². The van der Waals surface area contributed by atoms with Gasteiger partial charge in [0.05, 0.1) is 17.7 Å². The van der Waals surface area contributed by atoms with Crippen molar-refractivity contribution < 1.29 is 19.1 Å². The number of aliphatic hydroxyl groups excluding tert-OH is 1. The Hall–Kier alpha value is -2.76. The first kappa shape index (κ1) is 18.0. The van der Waals surface area contributed by atoms with Crippen LogP contribution >= 0.6 is 11.6 Å². The van der Waals surface area contributed by atoms with E-state index >= 15 is 0 Å². The molecule has 3 aromatic rings. The lowest BCUT2D eigenvalue weighted by Gasteiger charge is -2.12. The van der Waals surface area contributed by atoms with Gasteiger partial charge in [-0.1, -0.05) is 23.7 Å². The predicted molar refractivity (Wildman–Crippen MR) is 101 cm³/mol. The molecule has 2 N–H and O–H groups in total. The van der Waals surface area contributed by atoms with E-state index in [-0.39, 0.29) is 12.5 Å². The average molecular weight is 372 g/mol. The molecule has 0 radical (unpaired) electrons. The van der Waals surface area contributed by atoms with Gasteiger partial charge in [-0.25, -0.2) is 0 Å². The molecule has 3 rings (SSSR count). The molecule has 26 heavy (non-hydrogen) atoms. The minimum absolute atomic E-state index is 0.193. The summed E-state index contributed by atoms with van der Waals surface area (Å²) in [6, 6.07) is 13.9. The number of aryl methyl sites for hydroxylation is 1. The van der Waals surface area contributed by atoms with Crippen molar-refractivity contribution in [2.75, 3.05) is 12.4 Å². The minimum Gasteiger partial charge on any atom is -0.496 e. The Morgan fingerprint density at radius 2 is 2.04 bits per heavy atom. The van der Waals surface area contributed by atoms with Crippen LogP contribution in [-0.2, 0) is 6.61 Å². The van der Waals surface area contributed by atoms with Gasteiger partial charge in [0.15, 0.2) is 0 Å². The summed E-state index contributed by atoms with van der Waals surface area (Å²) in [5.74, 6) is 1.21. The molecule has 6 heteroatoms. The summed E-state index contributed by atoms with van der Waals surface area (Å²) in [6.45, 7) is 1.69. The molecule has 1 aromatic heterocycles. The lowest BCUT2D eigenvalue weighted by Crippen LogP contribution is -2.13. The van der Waals surface area contributed by atoms with E-state index in [0.29, 0.717) is 39.1 Å². The van der Waals surface area contributed by atoms with Crippen LogP contribution in [0.5, 0.6) is 5.75 Å². The highest BCUT2D eigenvalue weighted by Crippen LogP contribution is 2.32. The molecule has 0 aliphatic carbocycles. The van der Waals surface area contributed by atoms with Crippen molar-refractivity contribution in [3.63, 3.8) is 0 Å². The van der Waals surface area contributed by atoms with Crippen LogP contribution < -0.4 is 10.1 Å². The van der Waals surface area contributed by atoms with Crippen LogP contribution in [0.25, 0.3) is 11.3 Å². The van der Waals surface area contributed by atoms with Crippen molar-refractivity contribution in [2.45, 2.75) is 13.5 Å². The van der Waals surface area contributed by atoms with Crippen molar-refractivity contribution in [3.8, 4) is 17.1 Å². The molecule has 2 aromatic carbocycles. The van der Waals surface area contributed by atoms with Crippen molar-refractivity contribution in [2.24, 2.45) is 0 Å². The van der Waals surface area contributed by atoms with Crippen molar-refractivity contribution >= 4 is 23.2 Å². The molecule has 0 spiro atoms. The number of ether oxygens (including phenoxy) is 1. The van der Waals surface area contributed by atoms with Gasteiger partial charge in [0.25, 0.3) is 5.91 Å². The number of halogens is 1. The Labute approximate surface area is 156 Å². The Kier molecular flexibility index (Phi) is 5.30. The third kappa shape index (κ3) is 3.59. The van der Waals surface area contributed by atoms with E-state index in [1.807, 2.05) is 13.0 Å². The Balaban J connectivity index is 1.90. The zero-order valence-corrected chi connectivity index (χ0v) is 15.1. The first-order valence-corrected chi connectivity index (χ1v) is 8.35. The second-order valence-corrected chi connectivity index (χ2v) is 6.14. The fraction of sp³-hybridized carbons (Fsp3) is 0.150. The number of hydrogen-bond acceptors (Lipinski definition) is 4. The van der Waals surface area contributed by atoms with Crippen LogP contribution in [0.15, 0.2) is 52.9 Å². The van der Waals surface area contributed by atoms with E-state index in [9.17, 15) is 4.79 Å². The number of benzene rings is 2. The van der Waals surface area contributed by atoms with Crippen LogP contribution in [0.1, 0.15) is 21.7 Å². The van der Waals surface area contributed by atoms with Gasteiger partial charge in [0.2, 0.25) is 0 Å². The molecule has 0 saturated heterocycles. The van der Waals surface area contributed by atoms with Crippen LogP contribution in [0.4, 0.5) is 5.69 Å². The number of anilines is 1. The van der Waals surface area contributed by atoms with E-state index in [2.05, 4.69) is 5.32 Å². The third-order valence-electron chi connectivity index (χ3n) is 3.97. The molecule has 0 bridgehead atoms. The molecule has 0 unspecified atom stereocenters. The number of furan rings is 1. The second kappa shape index (κ2) is 7.64. The number of para-hydroxylation sites is 1. The number of rotatable bonds is 5. The molecule has 0 fully saturated rings. The van der Waals surface area contributed by atoms with E-state index in [1.165, 1.54) is 7.11 Å². The fourth-order valence-corrected chi connectivity index (χ4v) is 2.91. The maximum absolute atomic E-state index is 12.6. The van der Waals surface area contributed by atoms with Crippen LogP contribution in [-0.4, -0.2) is 18.1 Å². The summed E-state index contributed by atoms with van der Waals surface area (Å²) in [4.78, 5) is 12.6. The van der Waals surface area contributed by atoms with Gasteiger partial charge in [-0.3, -0.25) is 4.79 Å². The highest BCUT2D eigenvalue weighted by Gasteiger charge is 2.15. The van der Waals surface area contributed by atoms with Gasteiger partial charge in [-0.05, 0) is 48.9 Å². The van der Waals surface area contributed by atoms with Gasteiger partial charge in [0.1, 0.15) is 23.9 Å². The smallest absolute Gasteiger partial charge is 0.259 e. The van der Waals surface area contributed by atoms with Gasteiger partial charge < -0.3 is 19.6 Å². The Morgan fingerprint density at radius 1 is 1.23 bits per heavy atom. The fourth-order valence-electron chi connectivity index (χ4n) is 2.70. The number of nitrogens with one attached hydrogen (secondary N) is 1. The molecule has 0 saturated carbocycles. The number of hydrogen-bond donors (Lipinski definition) is 2. The summed E-state index contributed by atoms with van der Waals surface area (Å²) in [5.41, 5.74) is 2.52. The highest BCUT2D eigenvalue weighted by atomic mass is 35.5. The lowest BCUT2D eigenvalue weighted by molar-refractivity contribution is 0.102. The molecular weight excluding hydrogens is 354 g/mol. The van der Waals surface area contributed by atoms with E-state index < -0.39 is 0 Å². The zero-order valence-electron chi connectivity index (χ0n) is 14.4. The second-order valence-electron chi connectivity index (χ2n) is 5.73. The SMILES string of the molecule is COc1c(C)cccc1C(=O)Nc1ccc(Cl)c(-c2ccc(CO)o2)c1. The summed E-state index contributed by atoms with van der Waals surface area (Å²) >= 11 is 6.25.